The van der Waals surface area contributed by atoms with Crippen LogP contribution in [0.4, 0.5) is 5.69 Å². The summed E-state index contributed by atoms with van der Waals surface area (Å²) in [6.45, 7) is 3.06. The Kier molecular flexibility index (Phi) is 6.08. The van der Waals surface area contributed by atoms with Crippen molar-refractivity contribution in [2.24, 2.45) is 4.99 Å². The third kappa shape index (κ3) is 4.59. The molecule has 1 aromatic carbocycles. The molecule has 0 aromatic heterocycles. The number of aryl methyl sites for hydroxylation is 1. The molecule has 1 aliphatic rings. The number of amidine groups is 1. The topological polar surface area (TPSA) is 114 Å². The largest absolute Gasteiger partial charge is 0.473 e. The van der Waals surface area contributed by atoms with E-state index in [-0.39, 0.29) is 0 Å². The standard InChI is InChI=1S/C13H15N3.C2H2O4/c1-10-5-3-6-11(9-14)13(10)15-12-7-4-8-16(12)2;3-1(4)2(5)6/h3,5-6H,4,7-8H2,1-2H3;(H,3,4)(H,5,6). The molecule has 1 aromatic rings. The second-order valence-corrected chi connectivity index (χ2v) is 4.75. The Balaban J connectivity index is 0.000000346. The van der Waals surface area contributed by atoms with Crippen LogP contribution in [0.1, 0.15) is 24.0 Å². The second-order valence-electron chi connectivity index (χ2n) is 4.75. The Bertz CT molecular complexity index is 635. The first-order chi connectivity index (χ1) is 10.4. The number of rotatable bonds is 1. The highest BCUT2D eigenvalue weighted by atomic mass is 16.4. The highest BCUT2D eigenvalue weighted by Gasteiger charge is 2.15. The van der Waals surface area contributed by atoms with Gasteiger partial charge in [-0.25, -0.2) is 14.6 Å². The number of hydrogen-bond acceptors (Lipinski definition) is 4. The van der Waals surface area contributed by atoms with Crippen molar-refractivity contribution in [3.63, 3.8) is 0 Å². The lowest BCUT2D eigenvalue weighted by Gasteiger charge is -2.12. The zero-order valence-electron chi connectivity index (χ0n) is 12.4. The summed E-state index contributed by atoms with van der Waals surface area (Å²) in [6, 6.07) is 7.91. The number of aliphatic carboxylic acids is 2. The molecule has 0 atom stereocenters. The summed E-state index contributed by atoms with van der Waals surface area (Å²) < 4.78 is 0. The number of benzene rings is 1. The number of carboxylic acids is 2. The first kappa shape index (κ1) is 17.2. The normalized spacial score (nSPS) is 15.0. The molecule has 0 spiro atoms. The quantitative estimate of drug-likeness (QED) is 0.764. The lowest BCUT2D eigenvalue weighted by Crippen LogP contribution is -2.18. The minimum absolute atomic E-state index is 0.660. The molecular formula is C15H17N3O4. The molecule has 0 bridgehead atoms. The smallest absolute Gasteiger partial charge is 0.414 e. The van der Waals surface area contributed by atoms with E-state index in [0.29, 0.717) is 5.56 Å². The zero-order valence-corrected chi connectivity index (χ0v) is 12.4. The Morgan fingerprint density at radius 3 is 2.41 bits per heavy atom. The molecule has 116 valence electrons. The molecule has 0 amide bonds. The number of para-hydroxylation sites is 1. The van der Waals surface area contributed by atoms with Crippen molar-refractivity contribution in [1.82, 2.24) is 4.90 Å². The van der Waals surface area contributed by atoms with E-state index in [4.69, 9.17) is 25.1 Å². The summed E-state index contributed by atoms with van der Waals surface area (Å²) in [7, 11) is 2.05. The van der Waals surface area contributed by atoms with E-state index in [0.717, 1.165) is 36.5 Å². The molecule has 22 heavy (non-hydrogen) atoms. The number of aliphatic imine (C=N–C) groups is 1. The van der Waals surface area contributed by atoms with Crippen molar-refractivity contribution in [3.8, 4) is 6.07 Å². The van der Waals surface area contributed by atoms with Gasteiger partial charge in [0.2, 0.25) is 0 Å². The van der Waals surface area contributed by atoms with E-state index in [2.05, 4.69) is 23.0 Å². The number of carbonyl (C=O) groups is 2. The van der Waals surface area contributed by atoms with Crippen molar-refractivity contribution >= 4 is 23.5 Å². The molecule has 0 saturated carbocycles. The van der Waals surface area contributed by atoms with E-state index in [9.17, 15) is 0 Å². The Morgan fingerprint density at radius 2 is 1.95 bits per heavy atom. The molecule has 0 unspecified atom stereocenters. The summed E-state index contributed by atoms with van der Waals surface area (Å²) >= 11 is 0. The van der Waals surface area contributed by atoms with Gasteiger partial charge < -0.3 is 15.1 Å². The maximum Gasteiger partial charge on any atom is 0.414 e. The van der Waals surface area contributed by atoms with Gasteiger partial charge in [-0.15, -0.1) is 0 Å². The van der Waals surface area contributed by atoms with Crippen LogP contribution < -0.4 is 0 Å². The summed E-state index contributed by atoms with van der Waals surface area (Å²) in [6.07, 6.45) is 2.17. The van der Waals surface area contributed by atoms with Crippen molar-refractivity contribution in [1.29, 1.82) is 5.26 Å². The predicted octanol–water partition coefficient (Wildman–Crippen LogP) is 1.78. The lowest BCUT2D eigenvalue weighted by atomic mass is 10.1. The highest BCUT2D eigenvalue weighted by Crippen LogP contribution is 2.25. The summed E-state index contributed by atoms with van der Waals surface area (Å²) in [4.78, 5) is 25.0. The monoisotopic (exact) mass is 303 g/mol. The molecule has 1 saturated heterocycles. The molecule has 2 rings (SSSR count). The second kappa shape index (κ2) is 7.78. The van der Waals surface area contributed by atoms with Crippen LogP contribution in [0, 0.1) is 18.3 Å². The van der Waals surface area contributed by atoms with Crippen LogP contribution in [-0.4, -0.2) is 46.5 Å². The first-order valence-corrected chi connectivity index (χ1v) is 6.61. The van der Waals surface area contributed by atoms with Gasteiger partial charge in [0.05, 0.1) is 11.3 Å². The van der Waals surface area contributed by atoms with Crippen LogP contribution in [-0.2, 0) is 9.59 Å². The third-order valence-corrected chi connectivity index (χ3v) is 3.12. The SMILES string of the molecule is Cc1cccc(C#N)c1N=C1CCCN1C.O=C(O)C(=O)O. The summed E-state index contributed by atoms with van der Waals surface area (Å²) in [5.41, 5.74) is 2.55. The van der Waals surface area contributed by atoms with Crippen molar-refractivity contribution in [2.45, 2.75) is 19.8 Å². The van der Waals surface area contributed by atoms with Gasteiger partial charge in [-0.3, -0.25) is 0 Å². The van der Waals surface area contributed by atoms with Crippen LogP contribution in [0.3, 0.4) is 0 Å². The molecule has 7 heteroatoms. The van der Waals surface area contributed by atoms with Gasteiger partial charge in [-0.05, 0) is 25.0 Å². The molecule has 1 heterocycles. The molecule has 2 N–H and O–H groups in total. The molecule has 1 fully saturated rings. The van der Waals surface area contributed by atoms with Gasteiger partial charge in [-0.2, -0.15) is 5.26 Å². The number of nitrogens with zero attached hydrogens (tertiary/aromatic N) is 3. The average Bonchev–Trinajstić information content (AvgIpc) is 2.87. The number of likely N-dealkylation sites (tertiary alicyclic amines) is 1. The van der Waals surface area contributed by atoms with E-state index in [1.165, 1.54) is 0 Å². The maximum absolute atomic E-state index is 9.10. The lowest BCUT2D eigenvalue weighted by molar-refractivity contribution is -0.159. The Labute approximate surface area is 128 Å². The number of hydrogen-bond donors (Lipinski definition) is 2. The van der Waals surface area contributed by atoms with Gasteiger partial charge in [-0.1, -0.05) is 12.1 Å². The Morgan fingerprint density at radius 1 is 1.32 bits per heavy atom. The number of carboxylic acid groups (broad SMARTS) is 2. The first-order valence-electron chi connectivity index (χ1n) is 6.61. The van der Waals surface area contributed by atoms with Crippen molar-refractivity contribution < 1.29 is 19.8 Å². The van der Waals surface area contributed by atoms with Crippen LogP contribution in [0.25, 0.3) is 0 Å². The van der Waals surface area contributed by atoms with Crippen LogP contribution >= 0.6 is 0 Å². The minimum Gasteiger partial charge on any atom is -0.473 e. The van der Waals surface area contributed by atoms with Crippen molar-refractivity contribution in [3.05, 3.63) is 29.3 Å². The van der Waals surface area contributed by atoms with Gasteiger partial charge in [0.1, 0.15) is 11.9 Å². The van der Waals surface area contributed by atoms with Gasteiger partial charge in [0, 0.05) is 20.0 Å². The van der Waals surface area contributed by atoms with Crippen LogP contribution in [0.5, 0.6) is 0 Å². The van der Waals surface area contributed by atoms with Gasteiger partial charge in [0.25, 0.3) is 0 Å². The molecule has 0 radical (unpaired) electrons. The zero-order chi connectivity index (χ0) is 16.7. The summed E-state index contributed by atoms with van der Waals surface area (Å²) in [5, 5.41) is 23.8. The molecule has 0 aliphatic carbocycles. The van der Waals surface area contributed by atoms with Crippen molar-refractivity contribution in [2.75, 3.05) is 13.6 Å². The molecule has 1 aliphatic heterocycles. The number of nitriles is 1. The maximum atomic E-state index is 9.10. The average molecular weight is 303 g/mol. The molecular weight excluding hydrogens is 286 g/mol. The third-order valence-electron chi connectivity index (χ3n) is 3.12. The predicted molar refractivity (Wildman–Crippen MR) is 80.1 cm³/mol. The van der Waals surface area contributed by atoms with Crippen LogP contribution in [0.15, 0.2) is 23.2 Å². The highest BCUT2D eigenvalue weighted by molar-refractivity contribution is 6.27. The fourth-order valence-corrected chi connectivity index (χ4v) is 1.96. The van der Waals surface area contributed by atoms with E-state index in [1.54, 1.807) is 0 Å². The fourth-order valence-electron chi connectivity index (χ4n) is 1.96. The van der Waals surface area contributed by atoms with E-state index >= 15 is 0 Å². The minimum atomic E-state index is -1.82. The fraction of sp³-hybridized carbons (Fsp3) is 0.333. The van der Waals surface area contributed by atoms with E-state index < -0.39 is 11.9 Å². The Hall–Kier alpha value is -2.88. The van der Waals surface area contributed by atoms with Crippen LogP contribution in [0.2, 0.25) is 0 Å². The van der Waals surface area contributed by atoms with Gasteiger partial charge >= 0.3 is 11.9 Å². The molecule has 7 nitrogen and oxygen atoms in total. The summed E-state index contributed by atoms with van der Waals surface area (Å²) in [5.74, 6) is -2.56. The van der Waals surface area contributed by atoms with Gasteiger partial charge in [0.15, 0.2) is 0 Å². The van der Waals surface area contributed by atoms with E-state index in [1.807, 2.05) is 25.1 Å².